The molecule has 0 aliphatic rings. The molecule has 7 heteroatoms. The van der Waals surface area contributed by atoms with Gasteiger partial charge in [0.05, 0.1) is 16.6 Å². The van der Waals surface area contributed by atoms with Crippen LogP contribution in [-0.4, -0.2) is 16.5 Å². The number of nitro groups is 1. The third kappa shape index (κ3) is 3.45. The van der Waals surface area contributed by atoms with Gasteiger partial charge in [-0.2, -0.15) is 10.2 Å². The van der Waals surface area contributed by atoms with Crippen LogP contribution in [0.4, 0.5) is 11.5 Å². The first-order chi connectivity index (χ1) is 10.1. The van der Waals surface area contributed by atoms with E-state index in [1.807, 2.05) is 13.0 Å². The van der Waals surface area contributed by atoms with Crippen LogP contribution < -0.4 is 10.1 Å². The fourth-order valence-corrected chi connectivity index (χ4v) is 1.64. The molecular formula is C14H12N4O3. The number of nitriles is 1. The van der Waals surface area contributed by atoms with Gasteiger partial charge in [0.25, 0.3) is 0 Å². The van der Waals surface area contributed by atoms with Gasteiger partial charge in [0.2, 0.25) is 0 Å². The maximum Gasteiger partial charge on any atom is 0.331 e. The van der Waals surface area contributed by atoms with Crippen LogP contribution in [0.1, 0.15) is 12.5 Å². The third-order valence-corrected chi connectivity index (χ3v) is 2.59. The third-order valence-electron chi connectivity index (χ3n) is 2.59. The Morgan fingerprint density at radius 1 is 1.33 bits per heavy atom. The smallest absolute Gasteiger partial charge is 0.331 e. The van der Waals surface area contributed by atoms with E-state index in [1.165, 1.54) is 12.1 Å². The second kappa shape index (κ2) is 6.34. The van der Waals surface area contributed by atoms with Crippen molar-refractivity contribution in [2.75, 3.05) is 11.9 Å². The minimum atomic E-state index is -0.554. The van der Waals surface area contributed by atoms with E-state index in [4.69, 9.17) is 10.00 Å². The van der Waals surface area contributed by atoms with E-state index in [2.05, 4.69) is 10.3 Å². The zero-order valence-corrected chi connectivity index (χ0v) is 11.2. The number of hydrogen-bond donors (Lipinski definition) is 1. The number of anilines is 1. The van der Waals surface area contributed by atoms with Gasteiger partial charge in [-0.3, -0.25) is 10.1 Å². The summed E-state index contributed by atoms with van der Waals surface area (Å²) in [5.74, 6) is 0.771. The molecule has 0 aliphatic heterocycles. The van der Waals surface area contributed by atoms with Crippen LogP contribution in [0, 0.1) is 21.4 Å². The summed E-state index contributed by atoms with van der Waals surface area (Å²) in [6, 6.07) is 11.1. The molecule has 7 nitrogen and oxygen atoms in total. The average Bonchev–Trinajstić information content (AvgIpc) is 2.48. The maximum absolute atomic E-state index is 11.0. The molecule has 21 heavy (non-hydrogen) atoms. The fraction of sp³-hybridized carbons (Fsp3) is 0.143. The summed E-state index contributed by atoms with van der Waals surface area (Å²) in [6.45, 7) is 2.53. The minimum absolute atomic E-state index is 0.0943. The Kier molecular flexibility index (Phi) is 4.31. The van der Waals surface area contributed by atoms with Crippen molar-refractivity contribution in [1.82, 2.24) is 4.98 Å². The number of hydrogen-bond acceptors (Lipinski definition) is 6. The van der Waals surface area contributed by atoms with Crippen LogP contribution in [-0.2, 0) is 0 Å². The molecule has 0 aliphatic carbocycles. The Bertz CT molecular complexity index is 692. The Labute approximate surface area is 121 Å². The highest BCUT2D eigenvalue weighted by atomic mass is 16.6. The van der Waals surface area contributed by atoms with Gasteiger partial charge in [0.15, 0.2) is 0 Å². The molecule has 2 rings (SSSR count). The molecule has 1 aromatic carbocycles. The second-order valence-corrected chi connectivity index (χ2v) is 4.05. The van der Waals surface area contributed by atoms with E-state index in [9.17, 15) is 10.1 Å². The molecule has 1 heterocycles. The Hall–Kier alpha value is -3.14. The lowest BCUT2D eigenvalue weighted by molar-refractivity contribution is -0.386. The van der Waals surface area contributed by atoms with Crippen molar-refractivity contribution in [1.29, 1.82) is 5.26 Å². The Morgan fingerprint density at radius 3 is 2.62 bits per heavy atom. The van der Waals surface area contributed by atoms with Gasteiger partial charge >= 0.3 is 11.6 Å². The van der Waals surface area contributed by atoms with E-state index in [1.54, 1.807) is 24.3 Å². The van der Waals surface area contributed by atoms with Gasteiger partial charge in [-0.05, 0) is 37.3 Å². The lowest BCUT2D eigenvalue weighted by Gasteiger charge is -2.08. The zero-order chi connectivity index (χ0) is 15.2. The molecule has 0 saturated carbocycles. The van der Waals surface area contributed by atoms with Gasteiger partial charge in [-0.25, -0.2) is 0 Å². The van der Waals surface area contributed by atoms with Gasteiger partial charge in [0.1, 0.15) is 11.6 Å². The summed E-state index contributed by atoms with van der Waals surface area (Å²) in [4.78, 5) is 14.5. The molecule has 0 atom stereocenters. The molecular weight excluding hydrogens is 272 g/mol. The SMILES string of the molecule is CCNc1ccc([N+](=O)[O-])c(Oc2ccc(C#N)cc2)n1. The normalized spacial score (nSPS) is 9.71. The lowest BCUT2D eigenvalue weighted by atomic mass is 10.2. The number of nitrogens with zero attached hydrogens (tertiary/aromatic N) is 3. The van der Waals surface area contributed by atoms with E-state index in [0.717, 1.165) is 0 Å². The molecule has 0 saturated heterocycles. The van der Waals surface area contributed by atoms with Crippen LogP contribution in [0.2, 0.25) is 0 Å². The number of benzene rings is 1. The number of aromatic nitrogens is 1. The highest BCUT2D eigenvalue weighted by Crippen LogP contribution is 2.30. The largest absolute Gasteiger partial charge is 0.434 e. The zero-order valence-electron chi connectivity index (χ0n) is 11.2. The monoisotopic (exact) mass is 284 g/mol. The van der Waals surface area contributed by atoms with Gasteiger partial charge in [-0.1, -0.05) is 0 Å². The number of ether oxygens (including phenoxy) is 1. The first kappa shape index (κ1) is 14.3. The van der Waals surface area contributed by atoms with Gasteiger partial charge < -0.3 is 10.1 Å². The fourth-order valence-electron chi connectivity index (χ4n) is 1.64. The maximum atomic E-state index is 11.0. The molecule has 2 aromatic rings. The summed E-state index contributed by atoms with van der Waals surface area (Å²) in [5, 5.41) is 22.7. The summed E-state index contributed by atoms with van der Waals surface area (Å²) in [7, 11) is 0. The molecule has 0 radical (unpaired) electrons. The van der Waals surface area contributed by atoms with E-state index < -0.39 is 4.92 Å². The summed E-state index contributed by atoms with van der Waals surface area (Å²) >= 11 is 0. The molecule has 0 unspecified atom stereocenters. The predicted octanol–water partition coefficient (Wildman–Crippen LogP) is 3.09. The van der Waals surface area contributed by atoms with Gasteiger partial charge in [0, 0.05) is 12.6 Å². The van der Waals surface area contributed by atoms with Crippen molar-refractivity contribution in [3.8, 4) is 17.7 Å². The number of rotatable bonds is 5. The van der Waals surface area contributed by atoms with Crippen LogP contribution in [0.5, 0.6) is 11.6 Å². The first-order valence-electron chi connectivity index (χ1n) is 6.21. The minimum Gasteiger partial charge on any atom is -0.434 e. The highest BCUT2D eigenvalue weighted by Gasteiger charge is 2.18. The highest BCUT2D eigenvalue weighted by molar-refractivity contribution is 5.50. The summed E-state index contributed by atoms with van der Waals surface area (Å²) in [6.07, 6.45) is 0. The van der Waals surface area contributed by atoms with Crippen LogP contribution in [0.25, 0.3) is 0 Å². The number of nitrogens with one attached hydrogen (secondary N) is 1. The molecule has 0 amide bonds. The van der Waals surface area contributed by atoms with Crippen LogP contribution >= 0.6 is 0 Å². The van der Waals surface area contributed by atoms with Crippen molar-refractivity contribution in [2.24, 2.45) is 0 Å². The molecule has 0 fully saturated rings. The summed E-state index contributed by atoms with van der Waals surface area (Å²) < 4.78 is 5.46. The van der Waals surface area contributed by atoms with Crippen molar-refractivity contribution < 1.29 is 9.66 Å². The quantitative estimate of drug-likeness (QED) is 0.668. The van der Waals surface area contributed by atoms with E-state index in [0.29, 0.717) is 23.7 Å². The second-order valence-electron chi connectivity index (χ2n) is 4.05. The molecule has 1 N–H and O–H groups in total. The van der Waals surface area contributed by atoms with Crippen molar-refractivity contribution >= 4 is 11.5 Å². The molecule has 0 bridgehead atoms. The lowest BCUT2D eigenvalue weighted by Crippen LogP contribution is -2.02. The summed E-state index contributed by atoms with van der Waals surface area (Å²) in [5.41, 5.74) is 0.257. The van der Waals surface area contributed by atoms with Crippen molar-refractivity contribution in [2.45, 2.75) is 6.92 Å². The van der Waals surface area contributed by atoms with E-state index >= 15 is 0 Å². The van der Waals surface area contributed by atoms with Crippen LogP contribution in [0.15, 0.2) is 36.4 Å². The Balaban J connectivity index is 2.33. The molecule has 106 valence electrons. The van der Waals surface area contributed by atoms with E-state index in [-0.39, 0.29) is 11.6 Å². The predicted molar refractivity (Wildman–Crippen MR) is 76.3 cm³/mol. The standard InChI is InChI=1S/C14H12N4O3/c1-2-16-13-8-7-12(18(19)20)14(17-13)21-11-5-3-10(9-15)4-6-11/h3-8H,2H2,1H3,(H,16,17). The van der Waals surface area contributed by atoms with Crippen LogP contribution in [0.3, 0.4) is 0 Å². The Morgan fingerprint density at radius 2 is 2.05 bits per heavy atom. The molecule has 0 spiro atoms. The first-order valence-corrected chi connectivity index (χ1v) is 6.21. The molecule has 1 aromatic heterocycles. The van der Waals surface area contributed by atoms with Gasteiger partial charge in [-0.15, -0.1) is 0 Å². The topological polar surface area (TPSA) is 101 Å². The average molecular weight is 284 g/mol. The van der Waals surface area contributed by atoms with Crippen molar-refractivity contribution in [3.63, 3.8) is 0 Å². The van der Waals surface area contributed by atoms with Crippen molar-refractivity contribution in [3.05, 3.63) is 52.1 Å². The number of pyridine rings is 1.